The average molecular weight is 589 g/mol. The second-order valence-corrected chi connectivity index (χ2v) is 10.8. The fourth-order valence-corrected chi connectivity index (χ4v) is 5.39. The lowest BCUT2D eigenvalue weighted by Gasteiger charge is -2.19. The van der Waals surface area contributed by atoms with E-state index in [0.29, 0.717) is 16.3 Å². The van der Waals surface area contributed by atoms with Gasteiger partial charge in [-0.2, -0.15) is 0 Å². The number of nitrogens with one attached hydrogen (secondary N) is 3. The van der Waals surface area contributed by atoms with Crippen LogP contribution in [-0.4, -0.2) is 56.0 Å². The van der Waals surface area contributed by atoms with Crippen molar-refractivity contribution < 1.29 is 28.8 Å². The monoisotopic (exact) mass is 588 g/mol. The predicted octanol–water partition coefficient (Wildman–Crippen LogP) is 4.32. The Kier molecular flexibility index (Phi) is 10.1. The molecule has 0 saturated heterocycles. The molecule has 1 atom stereocenters. The Labute approximate surface area is 237 Å². The van der Waals surface area contributed by atoms with E-state index in [1.54, 1.807) is 13.8 Å². The number of non-ortho nitro benzene ring substituents is 1. The van der Waals surface area contributed by atoms with Crippen LogP contribution in [0.5, 0.6) is 0 Å². The van der Waals surface area contributed by atoms with Crippen molar-refractivity contribution in [2.45, 2.75) is 45.8 Å². The van der Waals surface area contributed by atoms with Gasteiger partial charge in [-0.3, -0.25) is 29.6 Å². The fourth-order valence-electron chi connectivity index (χ4n) is 3.68. The summed E-state index contributed by atoms with van der Waals surface area (Å²) in [7, 11) is 0. The van der Waals surface area contributed by atoms with Crippen molar-refractivity contribution in [2.24, 2.45) is 5.92 Å². The number of ketones is 1. The van der Waals surface area contributed by atoms with Gasteiger partial charge in [-0.15, -0.1) is 16.4 Å². The van der Waals surface area contributed by atoms with Gasteiger partial charge in [-0.1, -0.05) is 31.7 Å². The molecular weight excluding hydrogens is 560 g/mol. The van der Waals surface area contributed by atoms with Crippen molar-refractivity contribution in [3.05, 3.63) is 61.8 Å². The summed E-state index contributed by atoms with van der Waals surface area (Å²) < 4.78 is 5.09. The molecule has 1 aromatic carbocycles. The van der Waals surface area contributed by atoms with E-state index in [0.717, 1.165) is 23.1 Å². The highest BCUT2D eigenvalue weighted by atomic mass is 32.2. The van der Waals surface area contributed by atoms with Crippen molar-refractivity contribution in [3.63, 3.8) is 0 Å². The Morgan fingerprint density at radius 3 is 2.60 bits per heavy atom. The number of nitro benzene ring substituents is 1. The first-order chi connectivity index (χ1) is 18.9. The van der Waals surface area contributed by atoms with Crippen molar-refractivity contribution in [2.75, 3.05) is 17.7 Å². The van der Waals surface area contributed by atoms with Crippen LogP contribution < -0.4 is 10.6 Å². The van der Waals surface area contributed by atoms with Crippen LogP contribution in [0.15, 0.2) is 29.4 Å². The Morgan fingerprint density at radius 1 is 1.25 bits per heavy atom. The van der Waals surface area contributed by atoms with Crippen molar-refractivity contribution in [1.82, 2.24) is 20.5 Å². The minimum Gasteiger partial charge on any atom is -0.462 e. The second-order valence-electron chi connectivity index (χ2n) is 8.88. The number of carbonyl (C=O) groups excluding carboxylic acids is 4. The summed E-state index contributed by atoms with van der Waals surface area (Å²) in [5.41, 5.74) is 0.527. The fraction of sp³-hybridized carbons (Fsp3) is 0.360. The molecule has 0 radical (unpaired) electrons. The van der Waals surface area contributed by atoms with Crippen LogP contribution in [0.25, 0.3) is 0 Å². The first kappa shape index (κ1) is 30.4. The molecule has 3 rings (SSSR count). The summed E-state index contributed by atoms with van der Waals surface area (Å²) in [5, 5.41) is 23.9. The Morgan fingerprint density at radius 2 is 1.98 bits per heavy atom. The van der Waals surface area contributed by atoms with E-state index in [9.17, 15) is 29.3 Å². The van der Waals surface area contributed by atoms with Gasteiger partial charge in [-0.05, 0) is 38.3 Å². The lowest BCUT2D eigenvalue weighted by atomic mass is 10.0. The Balaban J connectivity index is 1.68. The molecule has 212 valence electrons. The van der Waals surface area contributed by atoms with Crippen LogP contribution in [0.2, 0.25) is 0 Å². The highest BCUT2D eigenvalue weighted by molar-refractivity contribution is 7.99. The molecule has 15 heteroatoms. The van der Waals surface area contributed by atoms with E-state index in [4.69, 9.17) is 4.74 Å². The highest BCUT2D eigenvalue weighted by Gasteiger charge is 2.26. The van der Waals surface area contributed by atoms with E-state index >= 15 is 0 Å². The zero-order valence-corrected chi connectivity index (χ0v) is 24.0. The van der Waals surface area contributed by atoms with E-state index in [1.807, 2.05) is 13.8 Å². The number of ether oxygens (including phenoxy) is 1. The van der Waals surface area contributed by atoms with E-state index < -0.39 is 28.7 Å². The van der Waals surface area contributed by atoms with Crippen molar-refractivity contribution in [3.8, 4) is 0 Å². The first-order valence-corrected chi connectivity index (χ1v) is 13.9. The number of esters is 1. The van der Waals surface area contributed by atoms with Gasteiger partial charge in [0.05, 0.1) is 33.8 Å². The minimum absolute atomic E-state index is 0.0989. The summed E-state index contributed by atoms with van der Waals surface area (Å²) in [4.78, 5) is 65.1. The van der Waals surface area contributed by atoms with E-state index in [1.165, 1.54) is 31.2 Å². The van der Waals surface area contributed by atoms with Gasteiger partial charge in [0, 0.05) is 17.7 Å². The summed E-state index contributed by atoms with van der Waals surface area (Å²) in [5.74, 6) is -1.68. The van der Waals surface area contributed by atoms with Gasteiger partial charge in [0.25, 0.3) is 11.6 Å². The summed E-state index contributed by atoms with van der Waals surface area (Å²) in [6, 6.07) is 4.80. The number of aromatic amines is 1. The van der Waals surface area contributed by atoms with Crippen LogP contribution in [0, 0.1) is 23.0 Å². The number of thiophene rings is 1. The smallest absolute Gasteiger partial charge is 0.341 e. The minimum atomic E-state index is -0.628. The molecule has 3 aromatic rings. The van der Waals surface area contributed by atoms with Crippen LogP contribution in [0.1, 0.15) is 75.5 Å². The standard InChI is InChI=1S/C25H28N6O7S2/c1-6-38-24(35)18-13(4)20(14(5)32)40-23(18)26-17(33)11-39-25-28-21(29-30-25)19(12(2)3)27-22(34)15-8-7-9-16(10-15)31(36)37/h7-10,12,19H,6,11H2,1-5H3,(H,26,33)(H,27,34)(H,28,29,30)/t19-/m1/s1. The number of hydrogen-bond donors (Lipinski definition) is 3. The number of H-pyrrole nitrogens is 1. The normalized spacial score (nSPS) is 11.7. The molecule has 0 aliphatic heterocycles. The number of anilines is 1. The SMILES string of the molecule is CCOC(=O)c1c(NC(=O)CSc2n[nH]c([C@H](NC(=O)c3cccc([N+](=O)[O-])c3)C(C)C)n2)sc(C(C)=O)c1C. The Bertz CT molecular complexity index is 1450. The first-order valence-electron chi connectivity index (χ1n) is 12.1. The van der Waals surface area contributed by atoms with Crippen molar-refractivity contribution >= 4 is 57.4 Å². The number of thioether (sulfide) groups is 1. The van der Waals surface area contributed by atoms with Gasteiger partial charge >= 0.3 is 5.97 Å². The number of carbonyl (C=O) groups is 4. The molecule has 2 amide bonds. The number of rotatable bonds is 12. The molecule has 2 heterocycles. The molecule has 0 aliphatic rings. The lowest BCUT2D eigenvalue weighted by molar-refractivity contribution is -0.384. The summed E-state index contributed by atoms with van der Waals surface area (Å²) in [6.45, 7) is 8.54. The van der Waals surface area contributed by atoms with E-state index in [-0.39, 0.29) is 51.0 Å². The van der Waals surface area contributed by atoms with Gasteiger partial charge in [0.2, 0.25) is 11.1 Å². The predicted molar refractivity (Wildman–Crippen MR) is 149 cm³/mol. The molecule has 13 nitrogen and oxygen atoms in total. The topological polar surface area (TPSA) is 186 Å². The zero-order valence-electron chi connectivity index (χ0n) is 22.4. The van der Waals surface area contributed by atoms with Crippen LogP contribution in [-0.2, 0) is 9.53 Å². The molecule has 0 bridgehead atoms. The second kappa shape index (κ2) is 13.3. The lowest BCUT2D eigenvalue weighted by Crippen LogP contribution is -2.32. The van der Waals surface area contributed by atoms with Crippen LogP contribution in [0.3, 0.4) is 0 Å². The maximum absolute atomic E-state index is 12.8. The van der Waals surface area contributed by atoms with Gasteiger partial charge in [0.15, 0.2) is 5.78 Å². The number of aromatic nitrogens is 3. The van der Waals surface area contributed by atoms with Gasteiger partial charge in [-0.25, -0.2) is 9.78 Å². The molecule has 0 aliphatic carbocycles. The quantitative estimate of drug-likeness (QED) is 0.0904. The third kappa shape index (κ3) is 7.30. The highest BCUT2D eigenvalue weighted by Crippen LogP contribution is 2.34. The molecule has 0 spiro atoms. The maximum Gasteiger partial charge on any atom is 0.341 e. The molecular formula is C25H28N6O7S2. The molecule has 40 heavy (non-hydrogen) atoms. The third-order valence-electron chi connectivity index (χ3n) is 5.58. The zero-order chi connectivity index (χ0) is 29.6. The Hall–Kier alpha value is -4.11. The number of nitro groups is 1. The van der Waals surface area contributed by atoms with Gasteiger partial charge in [0.1, 0.15) is 10.8 Å². The molecule has 0 fully saturated rings. The number of benzene rings is 1. The summed E-state index contributed by atoms with van der Waals surface area (Å²) >= 11 is 2.04. The largest absolute Gasteiger partial charge is 0.462 e. The number of nitrogens with zero attached hydrogens (tertiary/aromatic N) is 3. The molecule has 3 N–H and O–H groups in total. The van der Waals surface area contributed by atoms with Crippen LogP contribution in [0.4, 0.5) is 10.7 Å². The number of hydrogen-bond acceptors (Lipinski definition) is 11. The summed E-state index contributed by atoms with van der Waals surface area (Å²) in [6.07, 6.45) is 0. The number of amides is 2. The third-order valence-corrected chi connectivity index (χ3v) is 7.74. The average Bonchev–Trinajstić information content (AvgIpc) is 3.50. The maximum atomic E-state index is 12.8. The molecule has 0 unspecified atom stereocenters. The van der Waals surface area contributed by atoms with Crippen LogP contribution >= 0.6 is 23.1 Å². The van der Waals surface area contributed by atoms with E-state index in [2.05, 4.69) is 25.8 Å². The molecule has 2 aromatic heterocycles. The van der Waals surface area contributed by atoms with Crippen molar-refractivity contribution in [1.29, 1.82) is 0 Å². The molecule has 0 saturated carbocycles. The number of Topliss-reactive ketones (excluding diaryl/α,β-unsaturated/α-hetero) is 1. The van der Waals surface area contributed by atoms with Gasteiger partial charge < -0.3 is 15.4 Å².